The molecule has 4 nitrogen and oxygen atoms in total. The Morgan fingerprint density at radius 1 is 1.26 bits per heavy atom. The molecule has 0 spiro atoms. The average molecular weight is 436 g/mol. The molecule has 1 aromatic carbocycles. The molecule has 8 heteroatoms. The lowest BCUT2D eigenvalue weighted by molar-refractivity contribution is -0.129. The number of hydrogen-bond acceptors (Lipinski definition) is 4. The van der Waals surface area contributed by atoms with Crippen LogP contribution in [0.25, 0.3) is 0 Å². The number of likely N-dealkylation sites (N-methyl/N-ethyl adjacent to an activating group) is 1. The SMILES string of the molecule is CC(C)C(N)CCN(C)C(=O)Cc1csc(Cc2ccc(F)cc2)n1.Cl.Cl. The number of amides is 1. The predicted molar refractivity (Wildman–Crippen MR) is 115 cm³/mol. The number of nitrogens with two attached hydrogens (primary N) is 1. The number of carbonyl (C=O) groups excluding carboxylic acids is 1. The van der Waals surface area contributed by atoms with Gasteiger partial charge in [0, 0.05) is 31.4 Å². The van der Waals surface area contributed by atoms with Gasteiger partial charge in [-0.25, -0.2) is 9.37 Å². The molecule has 0 fully saturated rings. The number of hydrogen-bond donors (Lipinski definition) is 1. The van der Waals surface area contributed by atoms with Gasteiger partial charge in [0.15, 0.2) is 0 Å². The molecular formula is C19H28Cl2FN3OS. The van der Waals surface area contributed by atoms with Gasteiger partial charge in [-0.05, 0) is 30.0 Å². The van der Waals surface area contributed by atoms with E-state index in [2.05, 4.69) is 18.8 Å². The number of nitrogens with zero attached hydrogens (tertiary/aromatic N) is 2. The second kappa shape index (κ2) is 12.3. The highest BCUT2D eigenvalue weighted by Gasteiger charge is 2.15. The first kappa shape index (κ1) is 25.8. The minimum absolute atomic E-state index is 0. The first-order valence-electron chi connectivity index (χ1n) is 8.52. The van der Waals surface area contributed by atoms with Crippen LogP contribution in [0.1, 0.15) is 36.5 Å². The summed E-state index contributed by atoms with van der Waals surface area (Å²) >= 11 is 1.53. The van der Waals surface area contributed by atoms with Crippen LogP contribution in [0.15, 0.2) is 29.6 Å². The van der Waals surface area contributed by atoms with E-state index in [4.69, 9.17) is 5.73 Å². The van der Waals surface area contributed by atoms with Crippen molar-refractivity contribution in [3.05, 3.63) is 51.7 Å². The van der Waals surface area contributed by atoms with Gasteiger partial charge in [0.1, 0.15) is 5.82 Å². The summed E-state index contributed by atoms with van der Waals surface area (Å²) in [5.41, 5.74) is 7.82. The van der Waals surface area contributed by atoms with Crippen molar-refractivity contribution in [2.24, 2.45) is 11.7 Å². The average Bonchev–Trinajstić information content (AvgIpc) is 3.01. The van der Waals surface area contributed by atoms with Crippen molar-refractivity contribution in [1.29, 1.82) is 0 Å². The van der Waals surface area contributed by atoms with Crippen LogP contribution in [-0.2, 0) is 17.6 Å². The van der Waals surface area contributed by atoms with Gasteiger partial charge in [-0.3, -0.25) is 4.79 Å². The van der Waals surface area contributed by atoms with Gasteiger partial charge in [-0.1, -0.05) is 26.0 Å². The van der Waals surface area contributed by atoms with Gasteiger partial charge in [0.25, 0.3) is 0 Å². The Labute approximate surface area is 177 Å². The van der Waals surface area contributed by atoms with Gasteiger partial charge in [-0.2, -0.15) is 0 Å². The number of thiazole rings is 1. The van der Waals surface area contributed by atoms with E-state index in [-0.39, 0.29) is 42.6 Å². The Balaban J connectivity index is 0.00000338. The largest absolute Gasteiger partial charge is 0.345 e. The topological polar surface area (TPSA) is 59.2 Å². The molecule has 1 aromatic heterocycles. The molecule has 1 atom stereocenters. The lowest BCUT2D eigenvalue weighted by atomic mass is 10.0. The third kappa shape index (κ3) is 8.56. The Bertz CT molecular complexity index is 695. The molecule has 2 N–H and O–H groups in total. The summed E-state index contributed by atoms with van der Waals surface area (Å²) < 4.78 is 12.9. The lowest BCUT2D eigenvalue weighted by Gasteiger charge is -2.21. The van der Waals surface area contributed by atoms with Crippen LogP contribution in [0.2, 0.25) is 0 Å². The molecule has 152 valence electrons. The zero-order valence-corrected chi connectivity index (χ0v) is 18.3. The van der Waals surface area contributed by atoms with Crippen LogP contribution < -0.4 is 5.73 Å². The molecule has 0 aliphatic carbocycles. The summed E-state index contributed by atoms with van der Waals surface area (Å²) in [6.45, 7) is 4.83. The second-order valence-corrected chi connectivity index (χ2v) is 7.67. The first-order valence-corrected chi connectivity index (χ1v) is 9.40. The summed E-state index contributed by atoms with van der Waals surface area (Å²) in [4.78, 5) is 18.6. The first-order chi connectivity index (χ1) is 11.8. The molecule has 0 saturated heterocycles. The minimum atomic E-state index is -0.241. The Hall–Kier alpha value is -1.21. The number of halogens is 3. The zero-order chi connectivity index (χ0) is 18.4. The van der Waals surface area contributed by atoms with E-state index in [1.807, 2.05) is 5.38 Å². The molecule has 1 amide bonds. The van der Waals surface area contributed by atoms with E-state index in [1.54, 1.807) is 24.1 Å². The predicted octanol–water partition coefficient (Wildman–Crippen LogP) is 4.09. The highest BCUT2D eigenvalue weighted by molar-refractivity contribution is 7.09. The zero-order valence-electron chi connectivity index (χ0n) is 15.9. The molecule has 2 aromatic rings. The van der Waals surface area contributed by atoms with Gasteiger partial charge in [-0.15, -0.1) is 36.2 Å². The van der Waals surface area contributed by atoms with Crippen molar-refractivity contribution >= 4 is 42.1 Å². The fourth-order valence-electron chi connectivity index (χ4n) is 2.38. The van der Waals surface area contributed by atoms with E-state index in [9.17, 15) is 9.18 Å². The molecule has 2 rings (SSSR count). The van der Waals surface area contributed by atoms with Crippen LogP contribution in [-0.4, -0.2) is 35.4 Å². The van der Waals surface area contributed by atoms with Crippen LogP contribution >= 0.6 is 36.2 Å². The third-order valence-electron chi connectivity index (χ3n) is 4.28. The van der Waals surface area contributed by atoms with Crippen LogP contribution in [0.4, 0.5) is 4.39 Å². The van der Waals surface area contributed by atoms with E-state index >= 15 is 0 Å². The summed E-state index contributed by atoms with van der Waals surface area (Å²) in [6.07, 6.45) is 1.75. The maximum atomic E-state index is 12.9. The smallest absolute Gasteiger partial charge is 0.228 e. The molecule has 0 aliphatic rings. The van der Waals surface area contributed by atoms with Gasteiger partial charge in [0.05, 0.1) is 17.1 Å². The molecule has 27 heavy (non-hydrogen) atoms. The maximum absolute atomic E-state index is 12.9. The lowest BCUT2D eigenvalue weighted by Crippen LogP contribution is -2.35. The number of rotatable bonds is 8. The van der Waals surface area contributed by atoms with Crippen LogP contribution in [0.3, 0.4) is 0 Å². The molecule has 0 aliphatic heterocycles. The Morgan fingerprint density at radius 2 is 1.89 bits per heavy atom. The molecule has 0 bridgehead atoms. The summed E-state index contributed by atoms with van der Waals surface area (Å²) in [5.74, 6) is 0.222. The van der Waals surface area contributed by atoms with Crippen molar-refractivity contribution in [2.45, 2.75) is 39.2 Å². The van der Waals surface area contributed by atoms with Gasteiger partial charge < -0.3 is 10.6 Å². The van der Waals surface area contributed by atoms with E-state index < -0.39 is 0 Å². The summed E-state index contributed by atoms with van der Waals surface area (Å²) in [6, 6.07) is 6.52. The molecule has 1 heterocycles. The molecular weight excluding hydrogens is 408 g/mol. The fraction of sp³-hybridized carbons (Fsp3) is 0.474. The Kier molecular flexibility index (Phi) is 11.7. The number of aromatic nitrogens is 1. The van der Waals surface area contributed by atoms with E-state index in [1.165, 1.54) is 23.5 Å². The highest BCUT2D eigenvalue weighted by atomic mass is 35.5. The van der Waals surface area contributed by atoms with E-state index in [0.717, 1.165) is 22.7 Å². The highest BCUT2D eigenvalue weighted by Crippen LogP contribution is 2.16. The normalized spacial score (nSPS) is 11.5. The van der Waals surface area contributed by atoms with E-state index in [0.29, 0.717) is 25.3 Å². The van der Waals surface area contributed by atoms with Crippen LogP contribution in [0, 0.1) is 11.7 Å². The molecule has 1 unspecified atom stereocenters. The molecule has 0 radical (unpaired) electrons. The Morgan fingerprint density at radius 3 is 2.48 bits per heavy atom. The third-order valence-corrected chi connectivity index (χ3v) is 5.18. The van der Waals surface area contributed by atoms with Crippen LogP contribution in [0.5, 0.6) is 0 Å². The van der Waals surface area contributed by atoms with Gasteiger partial charge >= 0.3 is 0 Å². The second-order valence-electron chi connectivity index (χ2n) is 6.72. The minimum Gasteiger partial charge on any atom is -0.345 e. The monoisotopic (exact) mass is 435 g/mol. The summed E-state index contributed by atoms with van der Waals surface area (Å²) in [7, 11) is 1.81. The quantitative estimate of drug-likeness (QED) is 0.678. The fourth-order valence-corrected chi connectivity index (χ4v) is 3.21. The van der Waals surface area contributed by atoms with Crippen molar-refractivity contribution in [3.63, 3.8) is 0 Å². The van der Waals surface area contributed by atoms with Crippen molar-refractivity contribution in [1.82, 2.24) is 9.88 Å². The van der Waals surface area contributed by atoms with Crippen molar-refractivity contribution < 1.29 is 9.18 Å². The number of benzene rings is 1. The standard InChI is InChI=1S/C19H26FN3OS.2ClH/c1-13(2)17(21)8-9-23(3)19(24)11-16-12-25-18(22-16)10-14-4-6-15(20)7-5-14;;/h4-7,12-13,17H,8-11,21H2,1-3H3;2*1H. The van der Waals surface area contributed by atoms with Crippen molar-refractivity contribution in [3.8, 4) is 0 Å². The molecule has 0 saturated carbocycles. The maximum Gasteiger partial charge on any atom is 0.228 e. The van der Waals surface area contributed by atoms with Gasteiger partial charge in [0.2, 0.25) is 5.91 Å². The number of carbonyl (C=O) groups is 1. The summed E-state index contributed by atoms with van der Waals surface area (Å²) in [5, 5.41) is 2.85. The van der Waals surface area contributed by atoms with Crippen molar-refractivity contribution in [2.75, 3.05) is 13.6 Å².